The molecular formula is C17H32ClN3O4S. The molecule has 1 saturated heterocycles. The van der Waals surface area contributed by atoms with Crippen LogP contribution in [0.4, 0.5) is 0 Å². The van der Waals surface area contributed by atoms with Crippen LogP contribution in [0.3, 0.4) is 0 Å². The van der Waals surface area contributed by atoms with Gasteiger partial charge in [-0.2, -0.15) is 4.31 Å². The van der Waals surface area contributed by atoms with E-state index in [4.69, 9.17) is 10.5 Å². The Morgan fingerprint density at radius 1 is 1.15 bits per heavy atom. The molecule has 1 amide bonds. The van der Waals surface area contributed by atoms with Crippen LogP contribution in [0.1, 0.15) is 33.1 Å². The van der Waals surface area contributed by atoms with Gasteiger partial charge in [0.1, 0.15) is 0 Å². The van der Waals surface area contributed by atoms with Gasteiger partial charge in [-0.15, -0.1) is 12.4 Å². The molecule has 26 heavy (non-hydrogen) atoms. The summed E-state index contributed by atoms with van der Waals surface area (Å²) >= 11 is 0. The number of carbonyl (C=O) groups excluding carboxylic acids is 1. The molecule has 1 aliphatic heterocycles. The van der Waals surface area contributed by atoms with Crippen molar-refractivity contribution in [3.63, 3.8) is 0 Å². The summed E-state index contributed by atoms with van der Waals surface area (Å²) in [6, 6.07) is -0.0128. The van der Waals surface area contributed by atoms with Crippen LogP contribution in [-0.4, -0.2) is 74.2 Å². The minimum atomic E-state index is -3.32. The second-order valence-corrected chi connectivity index (χ2v) is 9.98. The number of halogens is 1. The van der Waals surface area contributed by atoms with Crippen molar-refractivity contribution in [3.05, 3.63) is 0 Å². The lowest BCUT2D eigenvalue weighted by atomic mass is 9.84. The van der Waals surface area contributed by atoms with Crippen molar-refractivity contribution in [2.75, 3.05) is 38.5 Å². The second kappa shape index (κ2) is 8.73. The van der Waals surface area contributed by atoms with Crippen LogP contribution in [0.5, 0.6) is 0 Å². The summed E-state index contributed by atoms with van der Waals surface area (Å²) < 4.78 is 31.6. The van der Waals surface area contributed by atoms with E-state index in [1.165, 1.54) is 4.31 Å². The lowest BCUT2D eigenvalue weighted by Gasteiger charge is -2.38. The van der Waals surface area contributed by atoms with E-state index in [1.54, 1.807) is 0 Å². The first-order valence-electron chi connectivity index (χ1n) is 9.43. The molecule has 0 spiro atoms. The molecular weight excluding hydrogens is 378 g/mol. The normalized spacial score (nSPS) is 32.1. The van der Waals surface area contributed by atoms with Crippen LogP contribution in [0, 0.1) is 17.8 Å². The molecule has 0 aromatic heterocycles. The third-order valence-electron chi connectivity index (χ3n) is 6.00. The Balaban J connectivity index is 0.00000243. The minimum Gasteiger partial charge on any atom is -0.378 e. The van der Waals surface area contributed by atoms with Crippen molar-refractivity contribution in [1.82, 2.24) is 9.21 Å². The highest BCUT2D eigenvalue weighted by Gasteiger charge is 2.50. The fourth-order valence-electron chi connectivity index (χ4n) is 4.62. The summed E-state index contributed by atoms with van der Waals surface area (Å²) in [5.41, 5.74) is 6.28. The van der Waals surface area contributed by atoms with Crippen LogP contribution < -0.4 is 5.73 Å². The number of amides is 1. The monoisotopic (exact) mass is 409 g/mol. The molecule has 2 bridgehead atoms. The number of carbonyl (C=O) groups is 1. The lowest BCUT2D eigenvalue weighted by molar-refractivity contribution is -0.139. The van der Waals surface area contributed by atoms with Crippen molar-refractivity contribution in [1.29, 1.82) is 0 Å². The molecule has 3 aliphatic rings. The minimum absolute atomic E-state index is 0. The zero-order valence-electron chi connectivity index (χ0n) is 15.7. The van der Waals surface area contributed by atoms with Gasteiger partial charge in [0.15, 0.2) is 0 Å². The first-order valence-corrected chi connectivity index (χ1v) is 11.0. The van der Waals surface area contributed by atoms with Gasteiger partial charge in [0.2, 0.25) is 15.9 Å². The largest absolute Gasteiger partial charge is 0.378 e. The number of sulfonamides is 1. The number of piperazine rings is 1. The molecule has 1 heterocycles. The Kier molecular flexibility index (Phi) is 7.35. The first kappa shape index (κ1) is 21.9. The van der Waals surface area contributed by atoms with Gasteiger partial charge in [0, 0.05) is 32.2 Å². The van der Waals surface area contributed by atoms with Crippen molar-refractivity contribution < 1.29 is 17.9 Å². The quantitative estimate of drug-likeness (QED) is 0.696. The number of nitrogens with zero attached hydrogens (tertiary/aromatic N) is 2. The Morgan fingerprint density at radius 2 is 1.77 bits per heavy atom. The SMILES string of the molecule is CC(C)OCCS(=O)(=O)N1CCN(C(=O)C2C3CCC(C3)C2N)CC1.Cl. The van der Waals surface area contributed by atoms with Gasteiger partial charge in [-0.3, -0.25) is 4.79 Å². The van der Waals surface area contributed by atoms with Gasteiger partial charge in [-0.05, 0) is 44.9 Å². The highest BCUT2D eigenvalue weighted by Crippen LogP contribution is 2.48. The third-order valence-corrected chi connectivity index (χ3v) is 7.84. The second-order valence-electron chi connectivity index (χ2n) is 7.90. The smallest absolute Gasteiger partial charge is 0.227 e. The van der Waals surface area contributed by atoms with E-state index in [0.29, 0.717) is 38.0 Å². The molecule has 3 rings (SSSR count). The van der Waals surface area contributed by atoms with Crippen LogP contribution in [0.2, 0.25) is 0 Å². The van der Waals surface area contributed by atoms with Crippen molar-refractivity contribution >= 4 is 28.3 Å². The molecule has 2 N–H and O–H groups in total. The van der Waals surface area contributed by atoms with E-state index in [-0.39, 0.29) is 48.7 Å². The molecule has 3 fully saturated rings. The summed E-state index contributed by atoms with van der Waals surface area (Å²) in [4.78, 5) is 14.7. The number of hydrogen-bond acceptors (Lipinski definition) is 5. The average Bonchev–Trinajstić information content (AvgIpc) is 3.15. The van der Waals surface area contributed by atoms with E-state index in [1.807, 2.05) is 18.7 Å². The fraction of sp³-hybridized carbons (Fsp3) is 0.941. The zero-order valence-corrected chi connectivity index (χ0v) is 17.3. The number of hydrogen-bond donors (Lipinski definition) is 1. The molecule has 0 aromatic rings. The molecule has 4 atom stereocenters. The zero-order chi connectivity index (χ0) is 18.2. The lowest BCUT2D eigenvalue weighted by Crippen LogP contribution is -2.55. The summed E-state index contributed by atoms with van der Waals surface area (Å²) in [5, 5.41) is 0. The first-order chi connectivity index (χ1) is 11.8. The predicted molar refractivity (Wildman–Crippen MR) is 103 cm³/mol. The van der Waals surface area contributed by atoms with Gasteiger partial charge in [-0.1, -0.05) is 0 Å². The molecule has 2 saturated carbocycles. The Morgan fingerprint density at radius 3 is 2.31 bits per heavy atom. The Labute approximate surface area is 163 Å². The van der Waals surface area contributed by atoms with Crippen molar-refractivity contribution in [2.45, 2.75) is 45.3 Å². The van der Waals surface area contributed by atoms with E-state index in [2.05, 4.69) is 0 Å². The molecule has 0 radical (unpaired) electrons. The van der Waals surface area contributed by atoms with Gasteiger partial charge in [-0.25, -0.2) is 8.42 Å². The standard InChI is InChI=1S/C17H31N3O4S.ClH/c1-12(2)24-9-10-25(22,23)20-7-5-19(6-8-20)17(21)15-13-3-4-14(11-13)16(15)18;/h12-16H,3-11,18H2,1-2H3;1H. The summed E-state index contributed by atoms with van der Waals surface area (Å²) in [5.74, 6) is 1.02. The van der Waals surface area contributed by atoms with Gasteiger partial charge in [0.25, 0.3) is 0 Å². The van der Waals surface area contributed by atoms with Crippen molar-refractivity contribution in [2.24, 2.45) is 23.5 Å². The maximum atomic E-state index is 12.9. The van der Waals surface area contributed by atoms with E-state index >= 15 is 0 Å². The average molecular weight is 410 g/mol. The maximum absolute atomic E-state index is 12.9. The van der Waals surface area contributed by atoms with E-state index in [0.717, 1.165) is 19.3 Å². The van der Waals surface area contributed by atoms with Crippen molar-refractivity contribution in [3.8, 4) is 0 Å². The Hall–Kier alpha value is -0.410. The fourth-order valence-corrected chi connectivity index (χ4v) is 5.90. The summed E-state index contributed by atoms with van der Waals surface area (Å²) in [6.07, 6.45) is 3.37. The van der Waals surface area contributed by atoms with Crippen LogP contribution in [-0.2, 0) is 19.6 Å². The number of fused-ring (bicyclic) bond motifs is 2. The summed E-state index contributed by atoms with van der Waals surface area (Å²) in [6.45, 7) is 5.64. The number of ether oxygens (including phenoxy) is 1. The topological polar surface area (TPSA) is 92.9 Å². The van der Waals surface area contributed by atoms with E-state index in [9.17, 15) is 13.2 Å². The Bertz CT molecular complexity index is 591. The number of nitrogens with two attached hydrogens (primary N) is 1. The van der Waals surface area contributed by atoms with Crippen LogP contribution >= 0.6 is 12.4 Å². The van der Waals surface area contributed by atoms with Gasteiger partial charge >= 0.3 is 0 Å². The highest BCUT2D eigenvalue weighted by molar-refractivity contribution is 7.89. The summed E-state index contributed by atoms with van der Waals surface area (Å²) in [7, 11) is -3.32. The number of rotatable bonds is 6. The molecule has 0 aromatic carbocycles. The molecule has 9 heteroatoms. The molecule has 4 unspecified atom stereocenters. The highest BCUT2D eigenvalue weighted by atomic mass is 35.5. The maximum Gasteiger partial charge on any atom is 0.227 e. The van der Waals surface area contributed by atoms with Crippen LogP contribution in [0.25, 0.3) is 0 Å². The van der Waals surface area contributed by atoms with Gasteiger partial charge in [0.05, 0.1) is 24.4 Å². The predicted octanol–water partition coefficient (Wildman–Crippen LogP) is 0.681. The van der Waals surface area contributed by atoms with Crippen LogP contribution in [0.15, 0.2) is 0 Å². The molecule has 7 nitrogen and oxygen atoms in total. The third kappa shape index (κ3) is 4.52. The van der Waals surface area contributed by atoms with E-state index < -0.39 is 10.0 Å². The van der Waals surface area contributed by atoms with Gasteiger partial charge < -0.3 is 15.4 Å². The molecule has 2 aliphatic carbocycles. The molecule has 152 valence electrons.